The lowest BCUT2D eigenvalue weighted by molar-refractivity contribution is -0.129. The Morgan fingerprint density at radius 3 is 2.47 bits per heavy atom. The van der Waals surface area contributed by atoms with Crippen LogP contribution in [0.5, 0.6) is 0 Å². The van der Waals surface area contributed by atoms with Crippen molar-refractivity contribution in [1.29, 1.82) is 0 Å². The molecule has 0 aromatic heterocycles. The number of hydrogen-bond donors (Lipinski definition) is 3. The molecule has 3 N–H and O–H groups in total. The molecular formula is C22H33ClN4O3. The molecule has 0 bridgehead atoms. The van der Waals surface area contributed by atoms with Crippen molar-refractivity contribution in [3.63, 3.8) is 0 Å². The van der Waals surface area contributed by atoms with E-state index in [4.69, 9.17) is 11.6 Å². The van der Waals surface area contributed by atoms with Crippen LogP contribution in [0, 0.1) is 0 Å². The van der Waals surface area contributed by atoms with Crippen LogP contribution < -0.4 is 15.5 Å². The lowest BCUT2D eigenvalue weighted by atomic mass is 10.0. The summed E-state index contributed by atoms with van der Waals surface area (Å²) >= 11 is 5.63. The minimum atomic E-state index is -0.759. The van der Waals surface area contributed by atoms with Crippen molar-refractivity contribution in [2.24, 2.45) is 0 Å². The number of anilines is 2. The van der Waals surface area contributed by atoms with Crippen molar-refractivity contribution >= 4 is 34.8 Å². The fourth-order valence-corrected chi connectivity index (χ4v) is 4.21. The number of likely N-dealkylation sites (tertiary alicyclic amines) is 1. The second-order valence-electron chi connectivity index (χ2n) is 8.26. The molecule has 7 nitrogen and oxygen atoms in total. The molecule has 0 aliphatic carbocycles. The third-order valence-corrected chi connectivity index (χ3v) is 6.24. The largest absolute Gasteiger partial charge is 0.390 e. The number of nitrogens with one attached hydrogen (secondary N) is 2. The van der Waals surface area contributed by atoms with Crippen LogP contribution in [0.25, 0.3) is 0 Å². The highest BCUT2D eigenvalue weighted by molar-refractivity contribution is 6.18. The maximum absolute atomic E-state index is 12.7. The van der Waals surface area contributed by atoms with Gasteiger partial charge in [-0.05, 0) is 50.3 Å². The van der Waals surface area contributed by atoms with Gasteiger partial charge in [0.15, 0.2) is 0 Å². The summed E-state index contributed by atoms with van der Waals surface area (Å²) in [5.41, 5.74) is 2.54. The average molecular weight is 437 g/mol. The molecule has 2 fully saturated rings. The van der Waals surface area contributed by atoms with E-state index in [-0.39, 0.29) is 30.3 Å². The summed E-state index contributed by atoms with van der Waals surface area (Å²) in [5, 5.41) is 16.0. The zero-order valence-corrected chi connectivity index (χ0v) is 18.5. The topological polar surface area (TPSA) is 84.9 Å². The number of alkyl halides is 1. The van der Waals surface area contributed by atoms with Gasteiger partial charge in [-0.1, -0.05) is 0 Å². The summed E-state index contributed by atoms with van der Waals surface area (Å²) in [6.07, 6.45) is 4.57. The molecule has 8 heteroatoms. The number of rotatable bonds is 7. The third-order valence-electron chi connectivity index (χ3n) is 5.89. The molecular weight excluding hydrogens is 404 g/mol. The maximum Gasteiger partial charge on any atom is 0.251 e. The number of amides is 2. The molecule has 0 spiro atoms. The predicted molar refractivity (Wildman–Crippen MR) is 120 cm³/mol. The first kappa shape index (κ1) is 22.7. The predicted octanol–water partition coefficient (Wildman–Crippen LogP) is 2.43. The van der Waals surface area contributed by atoms with Crippen LogP contribution in [0.2, 0.25) is 0 Å². The van der Waals surface area contributed by atoms with Gasteiger partial charge in [0, 0.05) is 62.6 Å². The van der Waals surface area contributed by atoms with Crippen LogP contribution in [-0.2, 0) is 4.79 Å². The number of carbonyl (C=O) groups is 2. The van der Waals surface area contributed by atoms with Gasteiger partial charge in [-0.25, -0.2) is 0 Å². The second-order valence-corrected chi connectivity index (χ2v) is 8.57. The summed E-state index contributed by atoms with van der Waals surface area (Å²) in [5.74, 6) is -0.00837. The molecule has 0 saturated carbocycles. The molecule has 2 heterocycles. The van der Waals surface area contributed by atoms with E-state index in [1.54, 1.807) is 6.92 Å². The molecule has 0 radical (unpaired) electrons. The Balaban J connectivity index is 1.74. The Bertz CT molecular complexity index is 731. The zero-order chi connectivity index (χ0) is 21.5. The Morgan fingerprint density at radius 1 is 1.13 bits per heavy atom. The first-order valence-electron chi connectivity index (χ1n) is 10.9. The van der Waals surface area contributed by atoms with Crippen molar-refractivity contribution in [3.05, 3.63) is 23.8 Å². The van der Waals surface area contributed by atoms with Gasteiger partial charge in [0.2, 0.25) is 5.91 Å². The van der Waals surface area contributed by atoms with Crippen LogP contribution in [0.15, 0.2) is 18.2 Å². The monoisotopic (exact) mass is 436 g/mol. The van der Waals surface area contributed by atoms with E-state index in [2.05, 4.69) is 21.6 Å². The Morgan fingerprint density at radius 2 is 1.83 bits per heavy atom. The Kier molecular flexibility index (Phi) is 8.22. The molecule has 2 amide bonds. The minimum absolute atomic E-state index is 0.0832. The first-order chi connectivity index (χ1) is 14.5. The molecule has 166 valence electrons. The van der Waals surface area contributed by atoms with Gasteiger partial charge in [-0.3, -0.25) is 9.59 Å². The highest BCUT2D eigenvalue weighted by Gasteiger charge is 2.22. The van der Waals surface area contributed by atoms with E-state index < -0.39 is 6.10 Å². The van der Waals surface area contributed by atoms with E-state index in [1.807, 2.05) is 17.0 Å². The van der Waals surface area contributed by atoms with Gasteiger partial charge >= 0.3 is 0 Å². The fraction of sp³-hybridized carbons (Fsp3) is 0.636. The summed E-state index contributed by atoms with van der Waals surface area (Å²) in [6.45, 7) is 5.23. The van der Waals surface area contributed by atoms with Crippen LogP contribution >= 0.6 is 11.6 Å². The Hall–Kier alpha value is -1.99. The lowest BCUT2D eigenvalue weighted by Crippen LogP contribution is -2.41. The standard InChI is InChI=1S/C22H33ClN4O3/c1-16(28)26-9-5-18(6-10-26)25-19-11-17(22(30)24-15-21(29)14-23)12-20(13-19)27-7-3-2-4-8-27/h11-13,18,21,25,29H,2-10,14-15H2,1H3,(H,24,30)/t21-/m1/s1. The van der Waals surface area contributed by atoms with Crippen LogP contribution in [-0.4, -0.2) is 72.6 Å². The van der Waals surface area contributed by atoms with Crippen molar-refractivity contribution < 1.29 is 14.7 Å². The second kappa shape index (κ2) is 10.9. The van der Waals surface area contributed by atoms with E-state index in [0.717, 1.165) is 63.2 Å². The maximum atomic E-state index is 12.7. The van der Waals surface area contributed by atoms with Gasteiger partial charge in [-0.2, -0.15) is 0 Å². The lowest BCUT2D eigenvalue weighted by Gasteiger charge is -2.33. The molecule has 3 rings (SSSR count). The van der Waals surface area contributed by atoms with Crippen molar-refractivity contribution in [1.82, 2.24) is 10.2 Å². The van der Waals surface area contributed by atoms with E-state index >= 15 is 0 Å². The van der Waals surface area contributed by atoms with Gasteiger partial charge in [0.1, 0.15) is 0 Å². The SMILES string of the molecule is CC(=O)N1CCC(Nc2cc(C(=O)NC[C@H](O)CCl)cc(N3CCCCC3)c2)CC1. The van der Waals surface area contributed by atoms with Crippen LogP contribution in [0.3, 0.4) is 0 Å². The Labute approximate surface area is 183 Å². The molecule has 1 atom stereocenters. The van der Waals surface area contributed by atoms with Crippen LogP contribution in [0.1, 0.15) is 49.4 Å². The van der Waals surface area contributed by atoms with E-state index in [0.29, 0.717) is 5.56 Å². The van der Waals surface area contributed by atoms with Gasteiger partial charge in [0.25, 0.3) is 5.91 Å². The number of aliphatic hydroxyl groups is 1. The summed E-state index contributed by atoms with van der Waals surface area (Å²) in [6, 6.07) is 6.18. The van der Waals surface area contributed by atoms with Crippen molar-refractivity contribution in [2.75, 3.05) is 48.8 Å². The third kappa shape index (κ3) is 6.25. The average Bonchev–Trinajstić information content (AvgIpc) is 2.78. The first-order valence-corrected chi connectivity index (χ1v) is 11.4. The number of aliphatic hydroxyl groups excluding tert-OH is 1. The number of carbonyl (C=O) groups excluding carboxylic acids is 2. The summed E-state index contributed by atoms with van der Waals surface area (Å²) < 4.78 is 0. The molecule has 1 aromatic rings. The normalized spacial score (nSPS) is 18.8. The van der Waals surface area contributed by atoms with Gasteiger partial charge < -0.3 is 25.5 Å². The number of benzene rings is 1. The van der Waals surface area contributed by atoms with Crippen molar-refractivity contribution in [3.8, 4) is 0 Å². The fourth-order valence-electron chi connectivity index (χ4n) is 4.10. The molecule has 2 aliphatic heterocycles. The highest BCUT2D eigenvalue weighted by atomic mass is 35.5. The smallest absolute Gasteiger partial charge is 0.251 e. The summed E-state index contributed by atoms with van der Waals surface area (Å²) in [4.78, 5) is 28.5. The molecule has 2 saturated heterocycles. The molecule has 0 unspecified atom stereocenters. The molecule has 1 aromatic carbocycles. The van der Waals surface area contributed by atoms with Crippen LogP contribution in [0.4, 0.5) is 11.4 Å². The molecule has 30 heavy (non-hydrogen) atoms. The number of nitrogens with zero attached hydrogens (tertiary/aromatic N) is 2. The van der Waals surface area contributed by atoms with E-state index in [1.165, 1.54) is 6.42 Å². The summed E-state index contributed by atoms with van der Waals surface area (Å²) in [7, 11) is 0. The van der Waals surface area contributed by atoms with Gasteiger partial charge in [-0.15, -0.1) is 11.6 Å². The quantitative estimate of drug-likeness (QED) is 0.571. The molecule has 2 aliphatic rings. The zero-order valence-electron chi connectivity index (χ0n) is 17.7. The number of piperidine rings is 2. The van der Waals surface area contributed by atoms with Gasteiger partial charge in [0.05, 0.1) is 12.0 Å². The van der Waals surface area contributed by atoms with Crippen molar-refractivity contribution in [2.45, 2.75) is 51.2 Å². The highest BCUT2D eigenvalue weighted by Crippen LogP contribution is 2.27. The number of hydrogen-bond acceptors (Lipinski definition) is 5. The van der Waals surface area contributed by atoms with E-state index in [9.17, 15) is 14.7 Å². The number of halogens is 1. The minimum Gasteiger partial charge on any atom is -0.390 e.